The Morgan fingerprint density at radius 1 is 0.578 bits per heavy atom. The number of amides is 2. The van der Waals surface area contributed by atoms with Crippen molar-refractivity contribution >= 4 is 70.2 Å². The molecule has 4 aliphatic heterocycles. The van der Waals surface area contributed by atoms with Gasteiger partial charge in [0.2, 0.25) is 0 Å². The molecule has 0 radical (unpaired) electrons. The zero-order valence-electron chi connectivity index (χ0n) is 50.3. The molecule has 2 saturated heterocycles. The molecular formula is C70H72Cl4F2N2O12. The van der Waals surface area contributed by atoms with Gasteiger partial charge in [-0.05, 0) is 159 Å². The van der Waals surface area contributed by atoms with Gasteiger partial charge >= 0.3 is 11.9 Å². The third kappa shape index (κ3) is 12.7. The van der Waals surface area contributed by atoms with Crippen LogP contribution >= 0.6 is 46.4 Å². The third-order valence-electron chi connectivity index (χ3n) is 18.2. The van der Waals surface area contributed by atoms with Gasteiger partial charge in [-0.15, -0.1) is 0 Å². The van der Waals surface area contributed by atoms with E-state index in [1.807, 2.05) is 13.8 Å². The van der Waals surface area contributed by atoms with Crippen molar-refractivity contribution in [1.82, 2.24) is 9.80 Å². The highest BCUT2D eigenvalue weighted by Gasteiger charge is 2.59. The lowest BCUT2D eigenvalue weighted by Gasteiger charge is -2.42. The second-order valence-corrected chi connectivity index (χ2v) is 25.0. The number of aliphatic hydroxyl groups is 4. The van der Waals surface area contributed by atoms with Crippen molar-refractivity contribution in [2.75, 3.05) is 39.6 Å². The number of halogens is 6. The quantitative estimate of drug-likeness (QED) is 0.0418. The molecule has 0 spiro atoms. The number of ether oxygens (including phenoxy) is 4. The molecule has 4 aliphatic rings. The first-order valence-electron chi connectivity index (χ1n) is 29.9. The van der Waals surface area contributed by atoms with Crippen molar-refractivity contribution in [3.05, 3.63) is 234 Å². The molecular weight excluding hydrogens is 1240 g/mol. The number of benzene rings is 6. The fraction of sp³-hybridized carbons (Fsp3) is 0.371. The highest BCUT2D eigenvalue weighted by atomic mass is 35.5. The van der Waals surface area contributed by atoms with Crippen LogP contribution in [0, 0.1) is 35.3 Å². The van der Waals surface area contributed by atoms with Crippen LogP contribution in [0.4, 0.5) is 8.78 Å². The van der Waals surface area contributed by atoms with Crippen LogP contribution in [0.5, 0.6) is 0 Å². The Hall–Kier alpha value is -6.54. The van der Waals surface area contributed by atoms with Crippen LogP contribution in [0.15, 0.2) is 147 Å². The monoisotopic (exact) mass is 1310 g/mol. The summed E-state index contributed by atoms with van der Waals surface area (Å²) in [7, 11) is 0. The van der Waals surface area contributed by atoms with Gasteiger partial charge in [0.05, 0.1) is 57.4 Å². The van der Waals surface area contributed by atoms with Crippen LogP contribution in [0.1, 0.15) is 144 Å². The van der Waals surface area contributed by atoms with Crippen molar-refractivity contribution in [2.24, 2.45) is 23.7 Å². The van der Waals surface area contributed by atoms with Crippen molar-refractivity contribution in [3.63, 3.8) is 0 Å². The van der Waals surface area contributed by atoms with E-state index < -0.39 is 82.0 Å². The number of rotatable bonds is 20. The summed E-state index contributed by atoms with van der Waals surface area (Å²) >= 11 is 24.7. The van der Waals surface area contributed by atoms with Gasteiger partial charge in [-0.1, -0.05) is 134 Å². The maximum atomic E-state index is 16.6. The van der Waals surface area contributed by atoms with Crippen LogP contribution in [-0.2, 0) is 51.2 Å². The maximum absolute atomic E-state index is 16.6. The minimum atomic E-state index is -2.38. The van der Waals surface area contributed by atoms with E-state index >= 15 is 8.78 Å². The van der Waals surface area contributed by atoms with Gasteiger partial charge in [0.25, 0.3) is 11.8 Å². The number of carbonyl (C=O) groups is 4. The highest BCUT2D eigenvalue weighted by Crippen LogP contribution is 2.54. The summed E-state index contributed by atoms with van der Waals surface area (Å²) in [4.78, 5) is 58.2. The van der Waals surface area contributed by atoms with E-state index in [1.54, 1.807) is 62.4 Å². The van der Waals surface area contributed by atoms with Crippen LogP contribution in [0.2, 0.25) is 20.1 Å². The van der Waals surface area contributed by atoms with Crippen molar-refractivity contribution in [1.29, 1.82) is 0 Å². The molecule has 6 aromatic carbocycles. The number of nitrogens with zero attached hydrogens (tertiary/aromatic N) is 2. The second kappa shape index (κ2) is 28.1. The van der Waals surface area contributed by atoms with E-state index in [2.05, 4.69) is 13.2 Å². The van der Waals surface area contributed by atoms with Crippen molar-refractivity contribution in [3.8, 4) is 0 Å². The minimum Gasteiger partial charge on any atom is -0.461 e. The Kier molecular flexibility index (Phi) is 21.2. The van der Waals surface area contributed by atoms with E-state index in [0.717, 1.165) is 9.80 Å². The molecule has 4 N–H and O–H groups in total. The average molecular weight is 1310 g/mol. The largest absolute Gasteiger partial charge is 0.461 e. The summed E-state index contributed by atoms with van der Waals surface area (Å²) in [5, 5.41) is 51.0. The molecule has 20 heteroatoms. The molecule has 8 atom stereocenters. The van der Waals surface area contributed by atoms with Crippen molar-refractivity contribution in [2.45, 2.75) is 101 Å². The van der Waals surface area contributed by atoms with Crippen LogP contribution in [0.25, 0.3) is 0 Å². The topological polar surface area (TPSA) is 193 Å². The van der Waals surface area contributed by atoms with Crippen LogP contribution in [0.3, 0.4) is 0 Å². The number of hydrogen-bond donors (Lipinski definition) is 4. The lowest BCUT2D eigenvalue weighted by Crippen LogP contribution is -2.50. The van der Waals surface area contributed by atoms with Gasteiger partial charge in [-0.25, -0.2) is 8.78 Å². The first-order valence-corrected chi connectivity index (χ1v) is 31.4. The minimum absolute atomic E-state index is 0.0636. The van der Waals surface area contributed by atoms with E-state index in [9.17, 15) is 39.6 Å². The molecule has 10 rings (SSSR count). The average Bonchev–Trinajstić information content (AvgIpc) is 1.60. The zero-order chi connectivity index (χ0) is 65.0. The van der Waals surface area contributed by atoms with Crippen LogP contribution < -0.4 is 0 Å². The lowest BCUT2D eigenvalue weighted by molar-refractivity contribution is -0.153. The molecule has 14 nitrogen and oxygen atoms in total. The third-order valence-corrected chi connectivity index (χ3v) is 19.2. The Morgan fingerprint density at radius 2 is 0.878 bits per heavy atom. The Morgan fingerprint density at radius 3 is 1.17 bits per heavy atom. The Labute approximate surface area is 542 Å². The van der Waals surface area contributed by atoms with Gasteiger partial charge in [0.1, 0.15) is 24.8 Å². The van der Waals surface area contributed by atoms with Crippen molar-refractivity contribution < 1.29 is 67.3 Å². The SMILES string of the molecule is C=CCOC(=O)[C@@H](C)[C@@H](c1ccc(Cl)cc1)N1C(=O)c2cc([C@](O)(CC)C3CCOCC3)cc(F)c2[C@@]1(O)c1ccc(Cl)cc1.C=CCOC(=O)[C@@H](C)[C@@H](c1ccc(Cl)cc1)N1C(=O)c2cc([C@](O)(CC)C3CCOCC3)cc(F)c2[C@]1(O)c1ccc(Cl)cc1. The molecule has 0 unspecified atom stereocenters. The highest BCUT2D eigenvalue weighted by molar-refractivity contribution is 6.31. The summed E-state index contributed by atoms with van der Waals surface area (Å²) < 4.78 is 55.0. The second-order valence-electron chi connectivity index (χ2n) is 23.2. The number of hydrogen-bond acceptors (Lipinski definition) is 12. The fourth-order valence-electron chi connectivity index (χ4n) is 13.4. The molecule has 90 heavy (non-hydrogen) atoms. The van der Waals surface area contributed by atoms with Gasteiger partial charge in [-0.3, -0.25) is 29.0 Å². The van der Waals surface area contributed by atoms with E-state index in [1.165, 1.54) is 84.9 Å². The maximum Gasteiger partial charge on any atom is 0.311 e. The predicted octanol–water partition coefficient (Wildman–Crippen LogP) is 13.8. The summed E-state index contributed by atoms with van der Waals surface area (Å²) in [6, 6.07) is 28.2. The Balaban J connectivity index is 0.000000213. The molecule has 0 bridgehead atoms. The molecule has 0 aromatic heterocycles. The van der Waals surface area contributed by atoms with Gasteiger partial charge in [-0.2, -0.15) is 0 Å². The summed E-state index contributed by atoms with van der Waals surface area (Å²) in [6.07, 6.45) is 5.67. The first kappa shape index (κ1) is 67.8. The molecule has 476 valence electrons. The number of esters is 2. The normalized spacial score (nSPS) is 21.1. The summed E-state index contributed by atoms with van der Waals surface area (Å²) in [6.45, 7) is 15.7. The molecule has 6 aromatic rings. The molecule has 0 saturated carbocycles. The summed E-state index contributed by atoms with van der Waals surface area (Å²) in [5.41, 5.74) is -6.72. The van der Waals surface area contributed by atoms with Gasteiger partial charge in [0.15, 0.2) is 11.4 Å². The van der Waals surface area contributed by atoms with Gasteiger partial charge < -0.3 is 39.4 Å². The smallest absolute Gasteiger partial charge is 0.311 e. The fourth-order valence-corrected chi connectivity index (χ4v) is 13.9. The van der Waals surface area contributed by atoms with Gasteiger partial charge in [0, 0.05) is 57.6 Å². The molecule has 2 amide bonds. The van der Waals surface area contributed by atoms with E-state index in [0.29, 0.717) is 83.3 Å². The van der Waals surface area contributed by atoms with E-state index in [-0.39, 0.29) is 82.4 Å². The lowest BCUT2D eigenvalue weighted by atomic mass is 9.74. The molecule has 0 aliphatic carbocycles. The summed E-state index contributed by atoms with van der Waals surface area (Å²) in [5.74, 6) is -7.00. The Bertz CT molecular complexity index is 3390. The molecule has 2 fully saturated rings. The zero-order valence-corrected chi connectivity index (χ0v) is 53.3. The van der Waals surface area contributed by atoms with Crippen LogP contribution in [-0.4, -0.2) is 93.6 Å². The van der Waals surface area contributed by atoms with E-state index in [4.69, 9.17) is 65.4 Å². The molecule has 4 heterocycles. The number of fused-ring (bicyclic) bond motifs is 2. The standard InChI is InChI=1S/2C35H36Cl2FNO6/c2*1-4-16-45-33(41)21(3)31(22-6-10-26(36)11-7-22)39-32(40)28-19-25(34(42,5-2)23-14-17-44-18-15-23)20-29(38)30(28)35(39,43)24-8-12-27(37)13-9-24/h2*4,6-13,19-21,23,31,42-43H,1,5,14-18H2,2-3H3/t21-,31-,34-,35+;21-,31-,34-,35-/m00/s1. The predicted molar refractivity (Wildman–Crippen MR) is 339 cm³/mol. The first-order chi connectivity index (χ1) is 42.9. The number of carbonyl (C=O) groups excluding carboxylic acids is 4.